The fraction of sp³-hybridized carbons (Fsp3) is 0.529. The number of H-pyrrole nitrogens is 1. The molecule has 2 nitrogen and oxygen atoms in total. The van der Waals surface area contributed by atoms with E-state index in [0.717, 1.165) is 6.42 Å². The maximum atomic E-state index is 3.71. The number of benzene rings is 1. The molecule has 0 amide bonds. The van der Waals surface area contributed by atoms with Crippen LogP contribution in [0.25, 0.3) is 10.9 Å². The summed E-state index contributed by atoms with van der Waals surface area (Å²) in [6.07, 6.45) is 2.35. The summed E-state index contributed by atoms with van der Waals surface area (Å²) in [6.45, 7) is 9.16. The topological polar surface area (TPSA) is 27.8 Å². The highest BCUT2D eigenvalue weighted by Crippen LogP contribution is 2.44. The van der Waals surface area contributed by atoms with Crippen LogP contribution in [0.4, 0.5) is 0 Å². The molecule has 0 spiro atoms. The van der Waals surface area contributed by atoms with E-state index in [0.29, 0.717) is 11.5 Å². The smallest absolute Gasteiger partial charge is 0.0491 e. The lowest BCUT2D eigenvalue weighted by Crippen LogP contribution is -2.31. The van der Waals surface area contributed by atoms with Gasteiger partial charge in [0.2, 0.25) is 0 Å². The van der Waals surface area contributed by atoms with E-state index in [2.05, 4.69) is 57.2 Å². The number of nitrogens with one attached hydrogen (secondary N) is 2. The van der Waals surface area contributed by atoms with Crippen molar-refractivity contribution in [3.8, 4) is 0 Å². The molecular weight excluding hydrogens is 232 g/mol. The summed E-state index contributed by atoms with van der Waals surface area (Å²) in [7, 11) is 2.08. The minimum Gasteiger partial charge on any atom is -0.358 e. The van der Waals surface area contributed by atoms with Crippen LogP contribution >= 0.6 is 0 Å². The van der Waals surface area contributed by atoms with E-state index in [1.165, 1.54) is 39.7 Å². The Bertz CT molecular complexity index is 634. The van der Waals surface area contributed by atoms with E-state index in [1.54, 1.807) is 0 Å². The molecule has 1 aromatic heterocycles. The molecule has 1 unspecified atom stereocenters. The van der Waals surface area contributed by atoms with Crippen LogP contribution < -0.4 is 5.32 Å². The van der Waals surface area contributed by atoms with Gasteiger partial charge < -0.3 is 10.3 Å². The van der Waals surface area contributed by atoms with E-state index in [4.69, 9.17) is 0 Å². The van der Waals surface area contributed by atoms with Gasteiger partial charge in [-0.1, -0.05) is 26.0 Å². The second-order valence-corrected chi connectivity index (χ2v) is 6.85. The first-order chi connectivity index (χ1) is 8.93. The molecule has 19 heavy (non-hydrogen) atoms. The third-order valence-electron chi connectivity index (χ3n) is 4.60. The van der Waals surface area contributed by atoms with Crippen molar-refractivity contribution in [1.29, 1.82) is 0 Å². The van der Waals surface area contributed by atoms with Gasteiger partial charge in [-0.2, -0.15) is 0 Å². The molecule has 1 heterocycles. The Kier molecular flexibility index (Phi) is 2.75. The standard InChI is InChI=1S/C17H24N2/c1-10-6-7-11(2)16-14(10)15-12(18-5)8-17(3,4)9-13(15)19-16/h6-7,12,18-19H,8-9H2,1-5H3. The number of aromatic amines is 1. The van der Waals surface area contributed by atoms with E-state index in [9.17, 15) is 0 Å². The van der Waals surface area contributed by atoms with Crippen molar-refractivity contribution in [2.24, 2.45) is 5.41 Å². The predicted octanol–water partition coefficient (Wildman–Crippen LogP) is 4.02. The lowest BCUT2D eigenvalue weighted by atomic mass is 9.73. The number of rotatable bonds is 1. The maximum absolute atomic E-state index is 3.71. The first kappa shape index (κ1) is 12.7. The predicted molar refractivity (Wildman–Crippen MR) is 81.7 cm³/mol. The van der Waals surface area contributed by atoms with Crippen LogP contribution in [0.2, 0.25) is 0 Å². The summed E-state index contributed by atoms with van der Waals surface area (Å²) < 4.78 is 0. The summed E-state index contributed by atoms with van der Waals surface area (Å²) in [5.74, 6) is 0. The van der Waals surface area contributed by atoms with E-state index < -0.39 is 0 Å². The third-order valence-corrected chi connectivity index (χ3v) is 4.60. The fourth-order valence-corrected chi connectivity index (χ4v) is 3.66. The minimum absolute atomic E-state index is 0.364. The lowest BCUT2D eigenvalue weighted by molar-refractivity contribution is 0.264. The highest BCUT2D eigenvalue weighted by Gasteiger charge is 2.34. The maximum Gasteiger partial charge on any atom is 0.0491 e. The first-order valence-electron chi connectivity index (χ1n) is 7.21. The van der Waals surface area contributed by atoms with Gasteiger partial charge in [-0.3, -0.25) is 0 Å². The normalized spacial score (nSPS) is 21.6. The van der Waals surface area contributed by atoms with Gasteiger partial charge in [0.15, 0.2) is 0 Å². The van der Waals surface area contributed by atoms with Gasteiger partial charge in [-0.05, 0) is 55.8 Å². The van der Waals surface area contributed by atoms with Crippen molar-refractivity contribution >= 4 is 10.9 Å². The monoisotopic (exact) mass is 256 g/mol. The molecule has 102 valence electrons. The van der Waals surface area contributed by atoms with Gasteiger partial charge >= 0.3 is 0 Å². The quantitative estimate of drug-likeness (QED) is 0.792. The SMILES string of the molecule is CNC1CC(C)(C)Cc2[nH]c3c(C)ccc(C)c3c21. The summed E-state index contributed by atoms with van der Waals surface area (Å²) in [5.41, 5.74) is 7.38. The molecule has 0 aliphatic heterocycles. The van der Waals surface area contributed by atoms with Gasteiger partial charge in [0.1, 0.15) is 0 Å². The molecule has 1 atom stereocenters. The molecule has 1 aliphatic carbocycles. The number of hydrogen-bond donors (Lipinski definition) is 2. The number of hydrogen-bond acceptors (Lipinski definition) is 1. The molecule has 1 aromatic carbocycles. The van der Waals surface area contributed by atoms with E-state index in [1.807, 2.05) is 0 Å². The molecule has 2 N–H and O–H groups in total. The van der Waals surface area contributed by atoms with Gasteiger partial charge in [0.05, 0.1) is 0 Å². The molecule has 3 rings (SSSR count). The van der Waals surface area contributed by atoms with Crippen molar-refractivity contribution < 1.29 is 0 Å². The van der Waals surface area contributed by atoms with Gasteiger partial charge in [0.25, 0.3) is 0 Å². The molecule has 0 radical (unpaired) electrons. The van der Waals surface area contributed by atoms with Crippen LogP contribution in [-0.2, 0) is 6.42 Å². The molecule has 0 bridgehead atoms. The zero-order valence-corrected chi connectivity index (χ0v) is 12.6. The molecule has 2 aromatic rings. The van der Waals surface area contributed by atoms with Crippen LogP contribution in [0.15, 0.2) is 12.1 Å². The van der Waals surface area contributed by atoms with Crippen molar-refractivity contribution in [1.82, 2.24) is 10.3 Å². The second-order valence-electron chi connectivity index (χ2n) is 6.85. The Labute approximate surface area is 115 Å². The van der Waals surface area contributed by atoms with Crippen molar-refractivity contribution in [2.75, 3.05) is 7.05 Å². The summed E-state index contributed by atoms with van der Waals surface area (Å²) in [6, 6.07) is 4.94. The van der Waals surface area contributed by atoms with Gasteiger partial charge in [-0.25, -0.2) is 0 Å². The van der Waals surface area contributed by atoms with E-state index in [-0.39, 0.29) is 0 Å². The average molecular weight is 256 g/mol. The van der Waals surface area contributed by atoms with Crippen LogP contribution in [-0.4, -0.2) is 12.0 Å². The van der Waals surface area contributed by atoms with Crippen LogP contribution in [0.3, 0.4) is 0 Å². The highest BCUT2D eigenvalue weighted by molar-refractivity contribution is 5.91. The Hall–Kier alpha value is -1.28. The molecule has 0 fully saturated rings. The number of aryl methyl sites for hydroxylation is 2. The molecule has 0 saturated heterocycles. The van der Waals surface area contributed by atoms with Gasteiger partial charge in [-0.15, -0.1) is 0 Å². The second kappa shape index (κ2) is 4.11. The van der Waals surface area contributed by atoms with Crippen molar-refractivity contribution in [2.45, 2.75) is 46.6 Å². The van der Waals surface area contributed by atoms with Gasteiger partial charge in [0, 0.05) is 22.6 Å². The van der Waals surface area contributed by atoms with Crippen LogP contribution in [0, 0.1) is 19.3 Å². The van der Waals surface area contributed by atoms with Crippen LogP contribution in [0.1, 0.15) is 48.7 Å². The average Bonchev–Trinajstić information content (AvgIpc) is 2.71. The highest BCUT2D eigenvalue weighted by atomic mass is 14.9. The van der Waals surface area contributed by atoms with Crippen molar-refractivity contribution in [3.63, 3.8) is 0 Å². The first-order valence-corrected chi connectivity index (χ1v) is 7.21. The summed E-state index contributed by atoms with van der Waals surface area (Å²) in [5, 5.41) is 4.97. The fourth-order valence-electron chi connectivity index (χ4n) is 3.66. The minimum atomic E-state index is 0.364. The molecule has 0 saturated carbocycles. The number of aromatic nitrogens is 1. The largest absolute Gasteiger partial charge is 0.358 e. The molecule has 1 aliphatic rings. The van der Waals surface area contributed by atoms with Crippen molar-refractivity contribution in [3.05, 3.63) is 34.5 Å². The third kappa shape index (κ3) is 1.90. The summed E-state index contributed by atoms with van der Waals surface area (Å²) >= 11 is 0. The lowest BCUT2D eigenvalue weighted by Gasteiger charge is -2.35. The van der Waals surface area contributed by atoms with Crippen LogP contribution in [0.5, 0.6) is 0 Å². The molecule has 2 heteroatoms. The Balaban J connectivity index is 2.32. The summed E-state index contributed by atoms with van der Waals surface area (Å²) in [4.78, 5) is 3.71. The Morgan fingerprint density at radius 2 is 1.89 bits per heavy atom. The Morgan fingerprint density at radius 3 is 2.58 bits per heavy atom. The zero-order valence-electron chi connectivity index (χ0n) is 12.6. The zero-order chi connectivity index (χ0) is 13.8. The van der Waals surface area contributed by atoms with E-state index >= 15 is 0 Å². The molecular formula is C17H24N2. The number of fused-ring (bicyclic) bond motifs is 3. The Morgan fingerprint density at radius 1 is 1.21 bits per heavy atom.